The highest BCUT2D eigenvalue weighted by Crippen LogP contribution is 2.44. The van der Waals surface area contributed by atoms with Crippen LogP contribution >= 0.6 is 11.3 Å². The number of rotatable bonds is 3. The van der Waals surface area contributed by atoms with Gasteiger partial charge in [0, 0.05) is 36.8 Å². The smallest absolute Gasteiger partial charge is 0.194 e. The zero-order chi connectivity index (χ0) is 18.8. The summed E-state index contributed by atoms with van der Waals surface area (Å²) in [6.07, 6.45) is 1.70. The summed E-state index contributed by atoms with van der Waals surface area (Å²) in [6, 6.07) is 18.9. The molecule has 1 aliphatic carbocycles. The van der Waals surface area contributed by atoms with Gasteiger partial charge in [0.15, 0.2) is 5.78 Å². The van der Waals surface area contributed by atoms with Crippen molar-refractivity contribution in [1.82, 2.24) is 0 Å². The summed E-state index contributed by atoms with van der Waals surface area (Å²) in [5.74, 6) is 0.119. The Hall–Kier alpha value is -2.49. The Morgan fingerprint density at radius 2 is 1.56 bits per heavy atom. The minimum absolute atomic E-state index is 0.119. The predicted octanol–water partition coefficient (Wildman–Crippen LogP) is 6.24. The summed E-state index contributed by atoms with van der Waals surface area (Å²) in [5, 5.41) is 2.40. The molecule has 3 aromatic carbocycles. The second-order valence-electron chi connectivity index (χ2n) is 7.44. The first-order valence-corrected chi connectivity index (χ1v) is 10.3. The van der Waals surface area contributed by atoms with Crippen LogP contribution in [-0.4, -0.2) is 5.78 Å². The lowest BCUT2D eigenvalue weighted by Gasteiger charge is -2.27. The van der Waals surface area contributed by atoms with Crippen molar-refractivity contribution in [2.75, 3.05) is 0 Å². The Morgan fingerprint density at radius 3 is 2.33 bits per heavy atom. The zero-order valence-electron chi connectivity index (χ0n) is 15.5. The van der Waals surface area contributed by atoms with Crippen molar-refractivity contribution in [3.8, 4) is 11.1 Å². The molecule has 1 heterocycles. The normalized spacial score (nSPS) is 13.4. The first-order chi connectivity index (χ1) is 13.1. The molecule has 4 aromatic rings. The lowest BCUT2D eigenvalue weighted by molar-refractivity contribution is 0.104. The number of carbonyl (C=O) groups excluding carboxylic acids is 1. The molecule has 5 rings (SSSR count). The van der Waals surface area contributed by atoms with Crippen molar-refractivity contribution >= 4 is 37.3 Å². The van der Waals surface area contributed by atoms with Crippen molar-refractivity contribution in [2.45, 2.75) is 32.2 Å². The molecule has 0 amide bonds. The fourth-order valence-corrected chi connectivity index (χ4v) is 5.39. The lowest BCUT2D eigenvalue weighted by Crippen LogP contribution is -2.35. The van der Waals surface area contributed by atoms with Crippen LogP contribution in [0.4, 0.5) is 0 Å². The molecule has 0 atom stereocenters. The highest BCUT2D eigenvalue weighted by molar-refractivity contribution is 7.25. The van der Waals surface area contributed by atoms with Crippen LogP contribution in [0.5, 0.6) is 0 Å². The van der Waals surface area contributed by atoms with E-state index in [1.165, 1.54) is 20.2 Å². The van der Waals surface area contributed by atoms with E-state index in [-0.39, 0.29) is 11.3 Å². The highest BCUT2D eigenvalue weighted by atomic mass is 32.1. The third kappa shape index (κ3) is 2.25. The van der Waals surface area contributed by atoms with Crippen molar-refractivity contribution in [3.05, 3.63) is 71.3 Å². The highest BCUT2D eigenvalue weighted by Gasteiger charge is 2.31. The number of nitrogens with two attached hydrogens (primary N) is 1. The molecule has 0 fully saturated rings. The van der Waals surface area contributed by atoms with Gasteiger partial charge in [0.25, 0.3) is 0 Å². The molecule has 3 heteroatoms. The molecule has 0 bridgehead atoms. The van der Waals surface area contributed by atoms with Crippen molar-refractivity contribution in [3.63, 3.8) is 0 Å². The van der Waals surface area contributed by atoms with E-state index in [0.717, 1.165) is 40.7 Å². The molecule has 134 valence electrons. The summed E-state index contributed by atoms with van der Waals surface area (Å²) in [4.78, 5) is 13.2. The third-order valence-electron chi connectivity index (χ3n) is 6.15. The largest absolute Gasteiger partial charge is 0.321 e. The van der Waals surface area contributed by atoms with Gasteiger partial charge >= 0.3 is 0 Å². The SMILES string of the molecule is CCC(N)(CC)c1ccc2c(c1)C(=O)c1cc3c(cc1-2)sc1ccccc13. The maximum absolute atomic E-state index is 13.2. The van der Waals surface area contributed by atoms with Gasteiger partial charge in [0.2, 0.25) is 0 Å². The van der Waals surface area contributed by atoms with E-state index in [0.29, 0.717) is 0 Å². The number of hydrogen-bond donors (Lipinski definition) is 1. The first-order valence-electron chi connectivity index (χ1n) is 9.49. The van der Waals surface area contributed by atoms with Gasteiger partial charge in [-0.1, -0.05) is 44.2 Å². The van der Waals surface area contributed by atoms with Crippen LogP contribution in [0.15, 0.2) is 54.6 Å². The van der Waals surface area contributed by atoms with Gasteiger partial charge in [-0.2, -0.15) is 0 Å². The molecule has 0 saturated carbocycles. The van der Waals surface area contributed by atoms with Crippen LogP contribution < -0.4 is 5.73 Å². The Bertz CT molecular complexity index is 1230. The van der Waals surface area contributed by atoms with Crippen LogP contribution in [0.3, 0.4) is 0 Å². The van der Waals surface area contributed by atoms with Gasteiger partial charge in [-0.05, 0) is 53.8 Å². The summed E-state index contributed by atoms with van der Waals surface area (Å²) in [5.41, 5.74) is 11.0. The Balaban J connectivity index is 1.73. The van der Waals surface area contributed by atoms with Gasteiger partial charge in [0.1, 0.15) is 0 Å². The second kappa shape index (κ2) is 5.75. The molecule has 27 heavy (non-hydrogen) atoms. The number of carbonyl (C=O) groups is 1. The number of hydrogen-bond acceptors (Lipinski definition) is 3. The van der Waals surface area contributed by atoms with E-state index in [4.69, 9.17) is 5.73 Å². The van der Waals surface area contributed by atoms with Gasteiger partial charge in [-0.15, -0.1) is 11.3 Å². The van der Waals surface area contributed by atoms with Gasteiger partial charge in [0.05, 0.1) is 0 Å². The number of benzene rings is 3. The summed E-state index contributed by atoms with van der Waals surface area (Å²) >= 11 is 1.79. The Morgan fingerprint density at radius 1 is 0.815 bits per heavy atom. The monoisotopic (exact) mass is 371 g/mol. The quantitative estimate of drug-likeness (QED) is 0.408. The second-order valence-corrected chi connectivity index (χ2v) is 8.53. The van der Waals surface area contributed by atoms with Crippen LogP contribution in [0.25, 0.3) is 31.3 Å². The molecule has 0 saturated heterocycles. The minimum atomic E-state index is -0.374. The summed E-state index contributed by atoms with van der Waals surface area (Å²) < 4.78 is 2.49. The number of fused-ring (bicyclic) bond motifs is 6. The molecule has 0 unspecified atom stereocenters. The fourth-order valence-electron chi connectivity index (χ4n) is 4.26. The first kappa shape index (κ1) is 16.7. The third-order valence-corrected chi connectivity index (χ3v) is 7.29. The minimum Gasteiger partial charge on any atom is -0.321 e. The number of thiophene rings is 1. The average Bonchev–Trinajstić information content (AvgIpc) is 3.21. The van der Waals surface area contributed by atoms with Crippen molar-refractivity contribution in [2.24, 2.45) is 5.73 Å². The van der Waals surface area contributed by atoms with Crippen LogP contribution in [0, 0.1) is 0 Å². The molecule has 1 aromatic heterocycles. The van der Waals surface area contributed by atoms with Crippen LogP contribution in [0.1, 0.15) is 48.2 Å². The van der Waals surface area contributed by atoms with Crippen molar-refractivity contribution < 1.29 is 4.79 Å². The standard InChI is InChI=1S/C24H21NOS/c1-3-24(25,4-2)14-9-10-15-17-13-22-18(12-20(17)23(26)19(15)11-14)16-7-5-6-8-21(16)27-22/h5-13H,3-4,25H2,1-2H3. The maximum Gasteiger partial charge on any atom is 0.194 e. The molecular weight excluding hydrogens is 350 g/mol. The van der Waals surface area contributed by atoms with E-state index in [2.05, 4.69) is 62.4 Å². The fraction of sp³-hybridized carbons (Fsp3) is 0.208. The zero-order valence-corrected chi connectivity index (χ0v) is 16.3. The van der Waals surface area contributed by atoms with Crippen molar-refractivity contribution in [1.29, 1.82) is 0 Å². The summed E-state index contributed by atoms with van der Waals surface area (Å²) in [6.45, 7) is 4.21. The van der Waals surface area contributed by atoms with Gasteiger partial charge < -0.3 is 5.73 Å². The number of ketones is 1. The van der Waals surface area contributed by atoms with E-state index < -0.39 is 0 Å². The molecule has 2 nitrogen and oxygen atoms in total. The van der Waals surface area contributed by atoms with Crippen LogP contribution in [0.2, 0.25) is 0 Å². The van der Waals surface area contributed by atoms with E-state index in [1.807, 2.05) is 6.07 Å². The van der Waals surface area contributed by atoms with Crippen LogP contribution in [-0.2, 0) is 5.54 Å². The summed E-state index contributed by atoms with van der Waals surface area (Å²) in [7, 11) is 0. The van der Waals surface area contributed by atoms with Gasteiger partial charge in [-0.25, -0.2) is 0 Å². The van der Waals surface area contributed by atoms with E-state index >= 15 is 0 Å². The molecule has 0 spiro atoms. The Labute approximate surface area is 162 Å². The predicted molar refractivity (Wildman–Crippen MR) is 115 cm³/mol. The molecule has 1 aliphatic rings. The maximum atomic E-state index is 13.2. The molecule has 2 N–H and O–H groups in total. The molecular formula is C24H21NOS. The topological polar surface area (TPSA) is 43.1 Å². The van der Waals surface area contributed by atoms with E-state index in [9.17, 15) is 4.79 Å². The average molecular weight is 372 g/mol. The van der Waals surface area contributed by atoms with Gasteiger partial charge in [-0.3, -0.25) is 4.79 Å². The molecule has 0 radical (unpaired) electrons. The lowest BCUT2D eigenvalue weighted by atomic mass is 9.84. The van der Waals surface area contributed by atoms with E-state index in [1.54, 1.807) is 11.3 Å². The molecule has 0 aliphatic heterocycles. The Kier molecular flexibility index (Phi) is 3.55.